The SMILES string of the molecule is COc1c(C)c(O)cc2c1Oc1ccccc1[C@@H](O)C2. The van der Waals surface area contributed by atoms with Gasteiger partial charge in [-0.2, -0.15) is 0 Å². The van der Waals surface area contributed by atoms with Crippen molar-refractivity contribution in [1.29, 1.82) is 0 Å². The molecule has 1 heterocycles. The Morgan fingerprint density at radius 2 is 2.05 bits per heavy atom. The van der Waals surface area contributed by atoms with Crippen LogP contribution in [0.3, 0.4) is 0 Å². The number of methoxy groups -OCH3 is 1. The number of aliphatic hydroxyl groups excluding tert-OH is 1. The number of phenolic OH excluding ortho intramolecular Hbond substituents is 1. The minimum absolute atomic E-state index is 0.141. The van der Waals surface area contributed by atoms with Crippen LogP contribution in [0.25, 0.3) is 0 Å². The summed E-state index contributed by atoms with van der Waals surface area (Å²) in [4.78, 5) is 0. The molecule has 20 heavy (non-hydrogen) atoms. The summed E-state index contributed by atoms with van der Waals surface area (Å²) in [5, 5.41) is 20.3. The van der Waals surface area contributed by atoms with Gasteiger partial charge in [-0.1, -0.05) is 18.2 Å². The highest BCUT2D eigenvalue weighted by Crippen LogP contribution is 2.46. The molecule has 3 rings (SSSR count). The van der Waals surface area contributed by atoms with Crippen LogP contribution in [0.1, 0.15) is 22.8 Å². The average Bonchev–Trinajstić information content (AvgIpc) is 2.57. The summed E-state index contributed by atoms with van der Waals surface area (Å²) in [5.41, 5.74) is 2.09. The molecule has 0 fully saturated rings. The van der Waals surface area contributed by atoms with E-state index in [4.69, 9.17) is 9.47 Å². The van der Waals surface area contributed by atoms with Crippen LogP contribution < -0.4 is 9.47 Å². The Hall–Kier alpha value is -2.20. The molecule has 0 aromatic heterocycles. The van der Waals surface area contributed by atoms with Gasteiger partial charge in [0.1, 0.15) is 11.5 Å². The molecule has 1 aliphatic rings. The third-order valence-corrected chi connectivity index (χ3v) is 3.64. The Balaban J connectivity index is 2.22. The van der Waals surface area contributed by atoms with Crippen molar-refractivity contribution in [3.05, 3.63) is 47.0 Å². The fourth-order valence-electron chi connectivity index (χ4n) is 2.56. The van der Waals surface area contributed by atoms with E-state index in [1.807, 2.05) is 24.3 Å². The van der Waals surface area contributed by atoms with Gasteiger partial charge < -0.3 is 19.7 Å². The lowest BCUT2D eigenvalue weighted by Crippen LogP contribution is -2.00. The molecule has 2 aromatic carbocycles. The summed E-state index contributed by atoms with van der Waals surface area (Å²) >= 11 is 0. The van der Waals surface area contributed by atoms with Gasteiger partial charge in [0.25, 0.3) is 0 Å². The molecule has 0 aliphatic carbocycles. The maximum Gasteiger partial charge on any atom is 0.173 e. The Bertz CT molecular complexity index is 664. The molecule has 1 aliphatic heterocycles. The topological polar surface area (TPSA) is 58.9 Å². The van der Waals surface area contributed by atoms with E-state index in [1.165, 1.54) is 0 Å². The van der Waals surface area contributed by atoms with E-state index in [0.717, 1.165) is 11.1 Å². The van der Waals surface area contributed by atoms with E-state index in [0.29, 0.717) is 29.2 Å². The molecule has 2 N–H and O–H groups in total. The number of hydrogen-bond acceptors (Lipinski definition) is 4. The molecule has 4 heteroatoms. The van der Waals surface area contributed by atoms with Crippen molar-refractivity contribution in [2.75, 3.05) is 7.11 Å². The van der Waals surface area contributed by atoms with Crippen molar-refractivity contribution in [2.24, 2.45) is 0 Å². The van der Waals surface area contributed by atoms with Crippen LogP contribution in [0.5, 0.6) is 23.0 Å². The van der Waals surface area contributed by atoms with E-state index in [9.17, 15) is 10.2 Å². The number of benzene rings is 2. The van der Waals surface area contributed by atoms with Gasteiger partial charge in [-0.05, 0) is 19.1 Å². The first-order valence-electron chi connectivity index (χ1n) is 6.46. The largest absolute Gasteiger partial charge is 0.508 e. The number of fused-ring (bicyclic) bond motifs is 2. The summed E-state index contributed by atoms with van der Waals surface area (Å²) in [7, 11) is 1.54. The molecular formula is C16H16O4. The summed E-state index contributed by atoms with van der Waals surface area (Å²) < 4.78 is 11.3. The van der Waals surface area contributed by atoms with E-state index in [1.54, 1.807) is 20.1 Å². The quantitative estimate of drug-likeness (QED) is 0.837. The number of aromatic hydroxyl groups is 1. The minimum Gasteiger partial charge on any atom is -0.508 e. The zero-order valence-electron chi connectivity index (χ0n) is 11.4. The first-order chi connectivity index (χ1) is 9.61. The van der Waals surface area contributed by atoms with Crippen molar-refractivity contribution in [3.63, 3.8) is 0 Å². The highest BCUT2D eigenvalue weighted by molar-refractivity contribution is 5.60. The first kappa shape index (κ1) is 12.8. The third-order valence-electron chi connectivity index (χ3n) is 3.64. The van der Waals surface area contributed by atoms with Crippen LogP contribution >= 0.6 is 0 Å². The molecule has 0 spiro atoms. The number of ether oxygens (including phenoxy) is 2. The highest BCUT2D eigenvalue weighted by Gasteiger charge is 2.26. The second-order valence-electron chi connectivity index (χ2n) is 4.90. The Morgan fingerprint density at radius 3 is 2.80 bits per heavy atom. The van der Waals surface area contributed by atoms with Crippen LogP contribution in [0.2, 0.25) is 0 Å². The number of rotatable bonds is 1. The molecule has 0 saturated carbocycles. The summed E-state index contributed by atoms with van der Waals surface area (Å²) in [6, 6.07) is 9.00. The van der Waals surface area contributed by atoms with Gasteiger partial charge in [-0.25, -0.2) is 0 Å². The molecule has 1 atom stereocenters. The molecular weight excluding hydrogens is 256 g/mol. The van der Waals surface area contributed by atoms with E-state index >= 15 is 0 Å². The fourth-order valence-corrected chi connectivity index (χ4v) is 2.56. The van der Waals surface area contributed by atoms with Crippen molar-refractivity contribution >= 4 is 0 Å². The lowest BCUT2D eigenvalue weighted by molar-refractivity contribution is 0.178. The zero-order chi connectivity index (χ0) is 14.3. The second kappa shape index (κ2) is 4.72. The minimum atomic E-state index is -0.667. The molecule has 0 radical (unpaired) electrons. The molecule has 0 unspecified atom stereocenters. The summed E-state index contributed by atoms with van der Waals surface area (Å²) in [6.07, 6.45) is -0.296. The summed E-state index contributed by atoms with van der Waals surface area (Å²) in [5.74, 6) is 1.82. The normalized spacial score (nSPS) is 16.6. The maximum atomic E-state index is 10.3. The fraction of sp³-hybridized carbons (Fsp3) is 0.250. The Kier molecular flexibility index (Phi) is 3.03. The van der Waals surface area contributed by atoms with Gasteiger partial charge in [0, 0.05) is 23.1 Å². The van der Waals surface area contributed by atoms with Crippen molar-refractivity contribution < 1.29 is 19.7 Å². The van der Waals surface area contributed by atoms with Gasteiger partial charge in [0.15, 0.2) is 11.5 Å². The van der Waals surface area contributed by atoms with Crippen LogP contribution in [0.15, 0.2) is 30.3 Å². The zero-order valence-corrected chi connectivity index (χ0v) is 11.4. The monoisotopic (exact) mass is 272 g/mol. The van der Waals surface area contributed by atoms with Crippen LogP contribution in [-0.4, -0.2) is 17.3 Å². The Labute approximate surface area is 117 Å². The number of para-hydroxylation sites is 1. The van der Waals surface area contributed by atoms with Gasteiger partial charge in [-0.15, -0.1) is 0 Å². The predicted molar refractivity (Wildman–Crippen MR) is 74.6 cm³/mol. The van der Waals surface area contributed by atoms with Crippen molar-refractivity contribution in [1.82, 2.24) is 0 Å². The molecule has 104 valence electrons. The molecule has 2 aromatic rings. The second-order valence-corrected chi connectivity index (χ2v) is 4.90. The van der Waals surface area contributed by atoms with Gasteiger partial charge in [0.05, 0.1) is 13.2 Å². The molecule has 4 nitrogen and oxygen atoms in total. The third kappa shape index (κ3) is 1.89. The number of aliphatic hydroxyl groups is 1. The average molecular weight is 272 g/mol. The molecule has 0 saturated heterocycles. The first-order valence-corrected chi connectivity index (χ1v) is 6.46. The smallest absolute Gasteiger partial charge is 0.173 e. The number of phenols is 1. The van der Waals surface area contributed by atoms with Crippen LogP contribution in [0.4, 0.5) is 0 Å². The van der Waals surface area contributed by atoms with E-state index in [-0.39, 0.29) is 5.75 Å². The van der Waals surface area contributed by atoms with Gasteiger partial charge >= 0.3 is 0 Å². The molecule has 0 bridgehead atoms. The predicted octanol–water partition coefficient (Wildman–Crippen LogP) is 3.09. The van der Waals surface area contributed by atoms with Gasteiger partial charge in [-0.3, -0.25) is 0 Å². The lowest BCUT2D eigenvalue weighted by atomic mass is 10.00. The standard InChI is InChI=1S/C16H16O4/c1-9-12(17)7-10-8-13(18)11-5-3-4-6-14(11)20-16(10)15(9)19-2/h3-7,13,17-18H,8H2,1-2H3/t13-/m0/s1. The van der Waals surface area contributed by atoms with E-state index < -0.39 is 6.10 Å². The Morgan fingerprint density at radius 1 is 1.30 bits per heavy atom. The van der Waals surface area contributed by atoms with Crippen LogP contribution in [-0.2, 0) is 6.42 Å². The van der Waals surface area contributed by atoms with Crippen LogP contribution in [0, 0.1) is 6.92 Å². The van der Waals surface area contributed by atoms with E-state index in [2.05, 4.69) is 0 Å². The molecule has 0 amide bonds. The van der Waals surface area contributed by atoms with Gasteiger partial charge in [0.2, 0.25) is 0 Å². The van der Waals surface area contributed by atoms with Crippen molar-refractivity contribution in [2.45, 2.75) is 19.4 Å². The maximum absolute atomic E-state index is 10.3. The summed E-state index contributed by atoms with van der Waals surface area (Å²) in [6.45, 7) is 1.77. The highest BCUT2D eigenvalue weighted by atomic mass is 16.5. The van der Waals surface area contributed by atoms with Crippen molar-refractivity contribution in [3.8, 4) is 23.0 Å². The number of hydrogen-bond donors (Lipinski definition) is 2. The lowest BCUT2D eigenvalue weighted by Gasteiger charge is -2.15.